The summed E-state index contributed by atoms with van der Waals surface area (Å²) in [6.45, 7) is 6.98. The van der Waals surface area contributed by atoms with Crippen LogP contribution in [0.5, 0.6) is 5.75 Å². The summed E-state index contributed by atoms with van der Waals surface area (Å²) in [6, 6.07) is 14.3. The molecule has 7 nitrogen and oxygen atoms in total. The van der Waals surface area contributed by atoms with Crippen molar-refractivity contribution >= 4 is 16.9 Å². The number of hydrogen-bond donors (Lipinski definition) is 0. The zero-order valence-electron chi connectivity index (χ0n) is 18.8. The van der Waals surface area contributed by atoms with E-state index in [1.807, 2.05) is 30.3 Å². The lowest BCUT2D eigenvalue weighted by atomic mass is 9.98. The van der Waals surface area contributed by atoms with Crippen LogP contribution >= 0.6 is 0 Å². The average Bonchev–Trinajstić information content (AvgIpc) is 3.14. The number of rotatable bonds is 7. The van der Waals surface area contributed by atoms with Gasteiger partial charge in [0.2, 0.25) is 5.76 Å². The van der Waals surface area contributed by atoms with Crippen molar-refractivity contribution in [3.05, 3.63) is 75.6 Å². The molecule has 1 atom stereocenters. The standard InChI is InChI=1S/C26H28N2O5/c1-2-15-32-19-9-7-18(8-10-19)23-22-24(29)20-5-3-4-6-21(20)33-25(22)26(30)28(23)12-11-27-13-16-31-17-14-27/h3-10,23H,2,11-17H2,1H3/t23-/m1/s1. The number of ether oxygens (including phenoxy) is 2. The van der Waals surface area contributed by atoms with Crippen LogP contribution in [0, 0.1) is 0 Å². The average molecular weight is 449 g/mol. The molecule has 1 aromatic heterocycles. The van der Waals surface area contributed by atoms with Crippen molar-refractivity contribution < 1.29 is 18.7 Å². The minimum Gasteiger partial charge on any atom is -0.494 e. The van der Waals surface area contributed by atoms with Crippen molar-refractivity contribution in [1.29, 1.82) is 0 Å². The number of carbonyl (C=O) groups is 1. The molecule has 0 bridgehead atoms. The molecule has 5 rings (SSSR count). The minimum absolute atomic E-state index is 0.148. The van der Waals surface area contributed by atoms with Crippen LogP contribution in [0.1, 0.15) is 41.1 Å². The first-order chi connectivity index (χ1) is 16.2. The van der Waals surface area contributed by atoms with Crippen LogP contribution in [-0.4, -0.2) is 61.7 Å². The summed E-state index contributed by atoms with van der Waals surface area (Å²) in [5.41, 5.74) is 1.58. The molecule has 0 spiro atoms. The van der Waals surface area contributed by atoms with Gasteiger partial charge in [-0.3, -0.25) is 14.5 Å². The molecule has 7 heteroatoms. The summed E-state index contributed by atoms with van der Waals surface area (Å²) in [5, 5.41) is 0.493. The molecular weight excluding hydrogens is 420 g/mol. The molecule has 0 aliphatic carbocycles. The summed E-state index contributed by atoms with van der Waals surface area (Å²) in [5.74, 6) is 0.685. The quantitative estimate of drug-likeness (QED) is 0.551. The number of hydrogen-bond acceptors (Lipinski definition) is 6. The molecule has 33 heavy (non-hydrogen) atoms. The predicted octanol–water partition coefficient (Wildman–Crippen LogP) is 3.46. The van der Waals surface area contributed by atoms with Gasteiger partial charge in [-0.25, -0.2) is 0 Å². The van der Waals surface area contributed by atoms with E-state index >= 15 is 0 Å². The number of benzene rings is 2. The second-order valence-corrected chi connectivity index (χ2v) is 8.44. The third kappa shape index (κ3) is 4.14. The van der Waals surface area contributed by atoms with Crippen LogP contribution in [-0.2, 0) is 4.74 Å². The Hall–Kier alpha value is -3.16. The van der Waals surface area contributed by atoms with Crippen molar-refractivity contribution in [2.45, 2.75) is 19.4 Å². The Morgan fingerprint density at radius 3 is 2.52 bits per heavy atom. The van der Waals surface area contributed by atoms with E-state index in [1.165, 1.54) is 0 Å². The van der Waals surface area contributed by atoms with Gasteiger partial charge in [0.25, 0.3) is 5.91 Å². The molecule has 2 aliphatic heterocycles. The lowest BCUT2D eigenvalue weighted by Gasteiger charge is -2.31. The molecule has 1 fully saturated rings. The SMILES string of the molecule is CCCOc1ccc([C@@H]2c3c(oc4ccccc4c3=O)C(=O)N2CCN2CCOCC2)cc1. The summed E-state index contributed by atoms with van der Waals surface area (Å²) in [4.78, 5) is 31.1. The van der Waals surface area contributed by atoms with Crippen LogP contribution in [0.4, 0.5) is 0 Å². The van der Waals surface area contributed by atoms with Crippen molar-refractivity contribution in [2.75, 3.05) is 46.0 Å². The molecule has 0 N–H and O–H groups in total. The smallest absolute Gasteiger partial charge is 0.290 e. The monoisotopic (exact) mass is 448 g/mol. The molecule has 2 aromatic carbocycles. The van der Waals surface area contributed by atoms with E-state index in [0.29, 0.717) is 49.4 Å². The number of nitrogens with zero attached hydrogens (tertiary/aromatic N) is 2. The highest BCUT2D eigenvalue weighted by Crippen LogP contribution is 2.38. The minimum atomic E-state index is -0.491. The first-order valence-corrected chi connectivity index (χ1v) is 11.6. The lowest BCUT2D eigenvalue weighted by Crippen LogP contribution is -2.42. The van der Waals surface area contributed by atoms with Crippen molar-refractivity contribution in [2.24, 2.45) is 0 Å². The number of para-hydroxylation sites is 1. The summed E-state index contributed by atoms with van der Waals surface area (Å²) < 4.78 is 17.2. The van der Waals surface area contributed by atoms with E-state index < -0.39 is 6.04 Å². The molecule has 0 radical (unpaired) electrons. The molecule has 0 saturated carbocycles. The Labute approximate surface area is 192 Å². The van der Waals surface area contributed by atoms with Gasteiger partial charge in [-0.05, 0) is 36.2 Å². The molecule has 0 unspecified atom stereocenters. The second kappa shape index (κ2) is 9.37. The van der Waals surface area contributed by atoms with E-state index in [0.717, 1.165) is 30.8 Å². The molecule has 3 heterocycles. The molecule has 2 aliphatic rings. The highest BCUT2D eigenvalue weighted by Gasteiger charge is 2.42. The summed E-state index contributed by atoms with van der Waals surface area (Å²) >= 11 is 0. The first-order valence-electron chi connectivity index (χ1n) is 11.6. The second-order valence-electron chi connectivity index (χ2n) is 8.44. The van der Waals surface area contributed by atoms with Gasteiger partial charge in [0.15, 0.2) is 5.43 Å². The maximum absolute atomic E-state index is 13.5. The van der Waals surface area contributed by atoms with Gasteiger partial charge in [0, 0.05) is 26.2 Å². The fourth-order valence-corrected chi connectivity index (χ4v) is 4.58. The van der Waals surface area contributed by atoms with Gasteiger partial charge in [0.05, 0.1) is 36.8 Å². The van der Waals surface area contributed by atoms with Crippen LogP contribution in [0.2, 0.25) is 0 Å². The van der Waals surface area contributed by atoms with Gasteiger partial charge in [-0.1, -0.05) is 31.2 Å². The van der Waals surface area contributed by atoms with Crippen LogP contribution in [0.25, 0.3) is 11.0 Å². The molecular formula is C26H28N2O5. The largest absolute Gasteiger partial charge is 0.494 e. The van der Waals surface area contributed by atoms with E-state index in [9.17, 15) is 9.59 Å². The number of morpholine rings is 1. The topological polar surface area (TPSA) is 72.2 Å². The Morgan fingerprint density at radius 2 is 1.76 bits per heavy atom. The molecule has 1 amide bonds. The van der Waals surface area contributed by atoms with E-state index in [1.54, 1.807) is 23.1 Å². The van der Waals surface area contributed by atoms with Crippen molar-refractivity contribution in [3.63, 3.8) is 0 Å². The maximum atomic E-state index is 13.5. The molecule has 3 aromatic rings. The first kappa shape index (κ1) is 21.7. The zero-order chi connectivity index (χ0) is 22.8. The Bertz CT molecular complexity index is 1200. The third-order valence-electron chi connectivity index (χ3n) is 6.30. The Kier molecular flexibility index (Phi) is 6.15. The Balaban J connectivity index is 1.54. The van der Waals surface area contributed by atoms with Crippen molar-refractivity contribution in [1.82, 2.24) is 9.80 Å². The van der Waals surface area contributed by atoms with Gasteiger partial charge in [-0.15, -0.1) is 0 Å². The van der Waals surface area contributed by atoms with E-state index in [-0.39, 0.29) is 17.1 Å². The maximum Gasteiger partial charge on any atom is 0.290 e. The lowest BCUT2D eigenvalue weighted by molar-refractivity contribution is 0.0314. The number of fused-ring (bicyclic) bond motifs is 2. The molecule has 172 valence electrons. The highest BCUT2D eigenvalue weighted by molar-refractivity contribution is 5.99. The van der Waals surface area contributed by atoms with E-state index in [4.69, 9.17) is 13.9 Å². The van der Waals surface area contributed by atoms with Gasteiger partial charge in [-0.2, -0.15) is 0 Å². The van der Waals surface area contributed by atoms with Gasteiger partial charge < -0.3 is 18.8 Å². The third-order valence-corrected chi connectivity index (χ3v) is 6.30. The summed E-state index contributed by atoms with van der Waals surface area (Å²) in [6.07, 6.45) is 0.926. The summed E-state index contributed by atoms with van der Waals surface area (Å²) in [7, 11) is 0. The van der Waals surface area contributed by atoms with Gasteiger partial charge >= 0.3 is 0 Å². The van der Waals surface area contributed by atoms with Gasteiger partial charge in [0.1, 0.15) is 11.3 Å². The van der Waals surface area contributed by atoms with Crippen molar-refractivity contribution in [3.8, 4) is 5.75 Å². The fraction of sp³-hybridized carbons (Fsp3) is 0.385. The number of carbonyl (C=O) groups excluding carboxylic acids is 1. The molecule has 1 saturated heterocycles. The fourth-order valence-electron chi connectivity index (χ4n) is 4.58. The van der Waals surface area contributed by atoms with Crippen LogP contribution in [0.15, 0.2) is 57.7 Å². The highest BCUT2D eigenvalue weighted by atomic mass is 16.5. The predicted molar refractivity (Wildman–Crippen MR) is 125 cm³/mol. The number of amides is 1. The van der Waals surface area contributed by atoms with Crippen LogP contribution < -0.4 is 10.2 Å². The van der Waals surface area contributed by atoms with E-state index in [2.05, 4.69) is 11.8 Å². The zero-order valence-corrected chi connectivity index (χ0v) is 18.8. The van der Waals surface area contributed by atoms with Crippen LogP contribution in [0.3, 0.4) is 0 Å². The normalized spacial score (nSPS) is 18.6. The Morgan fingerprint density at radius 1 is 1.00 bits per heavy atom.